The van der Waals surface area contributed by atoms with E-state index in [0.717, 1.165) is 55.6 Å². The number of hydrogen-bond acceptors (Lipinski definition) is 4. The molecule has 2 aromatic rings. The summed E-state index contributed by atoms with van der Waals surface area (Å²) in [6, 6.07) is 14.4. The summed E-state index contributed by atoms with van der Waals surface area (Å²) in [7, 11) is 0. The predicted octanol–water partition coefficient (Wildman–Crippen LogP) is 9.97. The highest BCUT2D eigenvalue weighted by Crippen LogP contribution is 2.34. The van der Waals surface area contributed by atoms with Gasteiger partial charge in [0.05, 0.1) is 18.8 Å². The number of ether oxygens (including phenoxy) is 3. The summed E-state index contributed by atoms with van der Waals surface area (Å²) >= 11 is 0. The van der Waals surface area contributed by atoms with Gasteiger partial charge in [-0.15, -0.1) is 6.58 Å². The molecule has 3 rings (SSSR count). The SMILES string of the molecule is C=CCCCCOc1ccc(C(=O)Oc2ccc(OCCCC3CCC(CCCCCCC)CC3)cc2)cc1. The molecule has 1 aliphatic carbocycles. The Hall–Kier alpha value is -2.75. The van der Waals surface area contributed by atoms with E-state index in [4.69, 9.17) is 14.2 Å². The number of hydrogen-bond donors (Lipinski definition) is 0. The van der Waals surface area contributed by atoms with Gasteiger partial charge in [-0.3, -0.25) is 0 Å². The Labute approximate surface area is 237 Å². The molecule has 0 unspecified atom stereocenters. The van der Waals surface area contributed by atoms with Crippen molar-refractivity contribution in [1.82, 2.24) is 0 Å². The first-order valence-electron chi connectivity index (χ1n) is 15.5. The molecular formula is C35H50O4. The van der Waals surface area contributed by atoms with Gasteiger partial charge in [0.25, 0.3) is 0 Å². The number of esters is 1. The minimum atomic E-state index is -0.382. The third kappa shape index (κ3) is 12.3. The summed E-state index contributed by atoms with van der Waals surface area (Å²) in [5.41, 5.74) is 0.496. The van der Waals surface area contributed by atoms with Crippen LogP contribution < -0.4 is 14.2 Å². The van der Waals surface area contributed by atoms with Crippen LogP contribution >= 0.6 is 0 Å². The zero-order valence-electron chi connectivity index (χ0n) is 24.2. The first kappa shape index (κ1) is 30.8. The number of benzene rings is 2. The average Bonchev–Trinajstić information content (AvgIpc) is 2.97. The van der Waals surface area contributed by atoms with E-state index in [0.29, 0.717) is 17.9 Å². The standard InChI is InChI=1S/C35H50O4/c1-3-5-7-9-10-13-29-15-17-30(18-16-29)14-12-28-38-33-23-25-34(26-24-33)39-35(36)31-19-21-32(22-20-31)37-27-11-8-6-4-2/h4,19-26,29-30H,2-3,5-18,27-28H2,1H3. The Kier molecular flexibility index (Phi) is 14.6. The molecule has 1 aliphatic rings. The number of unbranched alkanes of at least 4 members (excludes halogenated alkanes) is 6. The Balaban J connectivity index is 1.27. The molecule has 0 radical (unpaired) electrons. The maximum absolute atomic E-state index is 12.5. The van der Waals surface area contributed by atoms with Crippen molar-refractivity contribution >= 4 is 5.97 Å². The molecule has 0 aliphatic heterocycles. The maximum Gasteiger partial charge on any atom is 0.343 e. The fourth-order valence-corrected chi connectivity index (χ4v) is 5.45. The van der Waals surface area contributed by atoms with Crippen molar-refractivity contribution in [2.45, 2.75) is 103 Å². The lowest BCUT2D eigenvalue weighted by Crippen LogP contribution is -2.15. The summed E-state index contributed by atoms with van der Waals surface area (Å²) < 4.78 is 17.2. The fourth-order valence-electron chi connectivity index (χ4n) is 5.45. The molecule has 0 amide bonds. The molecule has 2 aromatic carbocycles. The zero-order valence-corrected chi connectivity index (χ0v) is 24.2. The van der Waals surface area contributed by atoms with Crippen molar-refractivity contribution < 1.29 is 19.0 Å². The lowest BCUT2D eigenvalue weighted by atomic mass is 9.78. The van der Waals surface area contributed by atoms with Crippen LogP contribution in [0.4, 0.5) is 0 Å². The van der Waals surface area contributed by atoms with Gasteiger partial charge in [0, 0.05) is 0 Å². The molecule has 0 spiro atoms. The van der Waals surface area contributed by atoms with Crippen LogP contribution in [0.5, 0.6) is 17.2 Å². The van der Waals surface area contributed by atoms with Crippen molar-refractivity contribution in [3.8, 4) is 17.2 Å². The van der Waals surface area contributed by atoms with Crippen molar-refractivity contribution in [2.75, 3.05) is 13.2 Å². The Morgan fingerprint density at radius 1 is 0.718 bits per heavy atom. The Bertz CT molecular complexity index is 926. The van der Waals surface area contributed by atoms with E-state index in [9.17, 15) is 4.79 Å². The summed E-state index contributed by atoms with van der Waals surface area (Å²) in [4.78, 5) is 12.5. The molecule has 0 aromatic heterocycles. The summed E-state index contributed by atoms with van der Waals surface area (Å²) in [6.07, 6.45) is 21.4. The molecule has 4 heteroatoms. The van der Waals surface area contributed by atoms with Gasteiger partial charge in [0.2, 0.25) is 0 Å². The summed E-state index contributed by atoms with van der Waals surface area (Å²) in [6.45, 7) is 7.41. The van der Waals surface area contributed by atoms with Gasteiger partial charge in [-0.1, -0.05) is 77.2 Å². The lowest BCUT2D eigenvalue weighted by Gasteiger charge is -2.28. The quantitative estimate of drug-likeness (QED) is 0.0778. The van der Waals surface area contributed by atoms with Gasteiger partial charge >= 0.3 is 5.97 Å². The van der Waals surface area contributed by atoms with E-state index in [1.165, 1.54) is 70.6 Å². The second-order valence-corrected chi connectivity index (χ2v) is 11.1. The normalized spacial score (nSPS) is 16.9. The lowest BCUT2D eigenvalue weighted by molar-refractivity contribution is 0.0734. The van der Waals surface area contributed by atoms with Crippen LogP contribution in [0.15, 0.2) is 61.2 Å². The van der Waals surface area contributed by atoms with E-state index in [-0.39, 0.29) is 5.97 Å². The first-order chi connectivity index (χ1) is 19.2. The minimum Gasteiger partial charge on any atom is -0.494 e. The maximum atomic E-state index is 12.5. The van der Waals surface area contributed by atoms with Crippen molar-refractivity contribution in [2.24, 2.45) is 11.8 Å². The summed E-state index contributed by atoms with van der Waals surface area (Å²) in [5, 5.41) is 0. The molecule has 1 saturated carbocycles. The van der Waals surface area contributed by atoms with Crippen molar-refractivity contribution in [3.05, 3.63) is 66.7 Å². The van der Waals surface area contributed by atoms with E-state index < -0.39 is 0 Å². The van der Waals surface area contributed by atoms with Crippen molar-refractivity contribution in [3.63, 3.8) is 0 Å². The van der Waals surface area contributed by atoms with Crippen LogP contribution in [0, 0.1) is 11.8 Å². The number of rotatable bonds is 19. The molecule has 214 valence electrons. The third-order valence-corrected chi connectivity index (χ3v) is 7.90. The molecule has 4 nitrogen and oxygen atoms in total. The van der Waals surface area contributed by atoms with Crippen LogP contribution in [0.3, 0.4) is 0 Å². The highest BCUT2D eigenvalue weighted by Gasteiger charge is 2.20. The molecule has 0 N–H and O–H groups in total. The van der Waals surface area contributed by atoms with Crippen LogP contribution in [-0.4, -0.2) is 19.2 Å². The first-order valence-corrected chi connectivity index (χ1v) is 15.5. The fraction of sp³-hybridized carbons (Fsp3) is 0.571. The van der Waals surface area contributed by atoms with Gasteiger partial charge in [0.15, 0.2) is 0 Å². The average molecular weight is 535 g/mol. The number of carbonyl (C=O) groups is 1. The summed E-state index contributed by atoms with van der Waals surface area (Å²) in [5.74, 6) is 3.55. The van der Waals surface area contributed by atoms with Crippen LogP contribution in [0.1, 0.15) is 114 Å². The number of carbonyl (C=O) groups excluding carboxylic acids is 1. The topological polar surface area (TPSA) is 44.8 Å². The molecule has 1 fully saturated rings. The molecular weight excluding hydrogens is 484 g/mol. The highest BCUT2D eigenvalue weighted by atomic mass is 16.5. The monoisotopic (exact) mass is 534 g/mol. The van der Waals surface area contributed by atoms with E-state index in [2.05, 4.69) is 13.5 Å². The predicted molar refractivity (Wildman–Crippen MR) is 161 cm³/mol. The van der Waals surface area contributed by atoms with Gasteiger partial charge < -0.3 is 14.2 Å². The second-order valence-electron chi connectivity index (χ2n) is 11.1. The molecule has 39 heavy (non-hydrogen) atoms. The Morgan fingerprint density at radius 2 is 1.26 bits per heavy atom. The molecule has 0 saturated heterocycles. The highest BCUT2D eigenvalue weighted by molar-refractivity contribution is 5.91. The van der Waals surface area contributed by atoms with Gasteiger partial charge in [0.1, 0.15) is 17.2 Å². The Morgan fingerprint density at radius 3 is 1.87 bits per heavy atom. The largest absolute Gasteiger partial charge is 0.494 e. The van der Waals surface area contributed by atoms with E-state index >= 15 is 0 Å². The molecule has 0 bridgehead atoms. The number of allylic oxidation sites excluding steroid dienone is 1. The van der Waals surface area contributed by atoms with Gasteiger partial charge in [-0.2, -0.15) is 0 Å². The van der Waals surface area contributed by atoms with Crippen LogP contribution in [0.25, 0.3) is 0 Å². The smallest absolute Gasteiger partial charge is 0.343 e. The van der Waals surface area contributed by atoms with Crippen molar-refractivity contribution in [1.29, 1.82) is 0 Å². The van der Waals surface area contributed by atoms with Gasteiger partial charge in [-0.25, -0.2) is 4.79 Å². The van der Waals surface area contributed by atoms with Gasteiger partial charge in [-0.05, 0) is 92.5 Å². The molecule has 0 atom stereocenters. The van der Waals surface area contributed by atoms with Crippen LogP contribution in [-0.2, 0) is 0 Å². The second kappa shape index (κ2) is 18.5. The van der Waals surface area contributed by atoms with Crippen LogP contribution in [0.2, 0.25) is 0 Å². The molecule has 0 heterocycles. The minimum absolute atomic E-state index is 0.382. The van der Waals surface area contributed by atoms with E-state index in [1.807, 2.05) is 30.3 Å². The third-order valence-electron chi connectivity index (χ3n) is 7.90. The zero-order chi connectivity index (χ0) is 27.5. The van der Waals surface area contributed by atoms with E-state index in [1.54, 1.807) is 24.3 Å².